The summed E-state index contributed by atoms with van der Waals surface area (Å²) in [7, 11) is 0. The molecule has 0 bridgehead atoms. The number of aliphatic imine (C=N–C) groups is 1. The summed E-state index contributed by atoms with van der Waals surface area (Å²) in [6, 6.07) is 8.30. The highest BCUT2D eigenvalue weighted by Crippen LogP contribution is 2.33. The summed E-state index contributed by atoms with van der Waals surface area (Å²) in [5.41, 5.74) is 6.95. The first kappa shape index (κ1) is 23.7. The van der Waals surface area contributed by atoms with E-state index in [-0.39, 0.29) is 16.4 Å². The summed E-state index contributed by atoms with van der Waals surface area (Å²) < 4.78 is 39.3. The normalized spacial score (nSPS) is 13.0. The SMILES string of the molecule is CSc1ncc(-c2csc(C(C=C(N)C(F)(F)F)=Nc3cc(Cl)ccc3Cl)c2)cc1C. The zero-order chi connectivity index (χ0) is 22.8. The van der Waals surface area contributed by atoms with E-state index in [2.05, 4.69) is 9.98 Å². The Balaban J connectivity index is 2.10. The Morgan fingerprint density at radius 3 is 2.58 bits per heavy atom. The summed E-state index contributed by atoms with van der Waals surface area (Å²) in [4.78, 5) is 9.24. The number of nitrogens with zero attached hydrogens (tertiary/aromatic N) is 2. The molecule has 2 aromatic heterocycles. The van der Waals surface area contributed by atoms with Crippen LogP contribution in [0.4, 0.5) is 18.9 Å². The van der Waals surface area contributed by atoms with E-state index in [0.717, 1.165) is 27.8 Å². The van der Waals surface area contributed by atoms with Crippen LogP contribution >= 0.6 is 46.3 Å². The molecule has 3 rings (SSSR count). The first-order chi connectivity index (χ1) is 14.6. The number of nitrogens with two attached hydrogens (primary N) is 1. The molecule has 0 aliphatic heterocycles. The van der Waals surface area contributed by atoms with Crippen LogP contribution in [0.2, 0.25) is 10.0 Å². The molecule has 0 amide bonds. The molecule has 0 atom stereocenters. The Morgan fingerprint density at radius 1 is 1.19 bits per heavy atom. The topological polar surface area (TPSA) is 51.3 Å². The highest BCUT2D eigenvalue weighted by atomic mass is 35.5. The maximum absolute atomic E-state index is 13.1. The number of rotatable bonds is 5. The maximum Gasteiger partial charge on any atom is 0.430 e. The van der Waals surface area contributed by atoms with Crippen molar-refractivity contribution in [3.05, 3.63) is 74.2 Å². The van der Waals surface area contributed by atoms with Crippen LogP contribution in [0, 0.1) is 6.92 Å². The molecule has 0 saturated heterocycles. The van der Waals surface area contributed by atoms with E-state index < -0.39 is 11.9 Å². The predicted octanol–water partition coefficient (Wildman–Crippen LogP) is 7.67. The van der Waals surface area contributed by atoms with Crippen molar-refractivity contribution in [3.63, 3.8) is 0 Å². The lowest BCUT2D eigenvalue weighted by Crippen LogP contribution is -2.20. The average molecular weight is 502 g/mol. The number of pyridine rings is 1. The first-order valence-corrected chi connectivity index (χ1v) is 11.6. The quantitative estimate of drug-likeness (QED) is 0.288. The van der Waals surface area contributed by atoms with Crippen LogP contribution in [-0.2, 0) is 0 Å². The molecular formula is C21H16Cl2F3N3S2. The number of thiophene rings is 1. The lowest BCUT2D eigenvalue weighted by Gasteiger charge is -2.08. The van der Waals surface area contributed by atoms with E-state index >= 15 is 0 Å². The van der Waals surface area contributed by atoms with Crippen molar-refractivity contribution >= 4 is 57.7 Å². The van der Waals surface area contributed by atoms with Gasteiger partial charge in [0.2, 0.25) is 0 Å². The number of halogens is 5. The molecule has 3 aromatic rings. The van der Waals surface area contributed by atoms with E-state index in [0.29, 0.717) is 9.90 Å². The summed E-state index contributed by atoms with van der Waals surface area (Å²) in [5, 5.41) is 3.36. The van der Waals surface area contributed by atoms with Gasteiger partial charge < -0.3 is 5.73 Å². The van der Waals surface area contributed by atoms with Gasteiger partial charge in [0.25, 0.3) is 0 Å². The van der Waals surface area contributed by atoms with Crippen molar-refractivity contribution in [3.8, 4) is 11.1 Å². The lowest BCUT2D eigenvalue weighted by atomic mass is 10.1. The summed E-state index contributed by atoms with van der Waals surface area (Å²) in [6.07, 6.45) is -0.213. The van der Waals surface area contributed by atoms with Crippen molar-refractivity contribution in [1.29, 1.82) is 0 Å². The molecule has 0 aliphatic carbocycles. The van der Waals surface area contributed by atoms with Gasteiger partial charge in [-0.2, -0.15) is 13.2 Å². The Morgan fingerprint density at radius 2 is 1.94 bits per heavy atom. The summed E-state index contributed by atoms with van der Waals surface area (Å²) >= 11 is 14.9. The van der Waals surface area contributed by atoms with Crippen molar-refractivity contribution in [2.75, 3.05) is 6.26 Å². The number of aryl methyl sites for hydroxylation is 1. The van der Waals surface area contributed by atoms with E-state index in [4.69, 9.17) is 28.9 Å². The van der Waals surface area contributed by atoms with E-state index in [1.807, 2.05) is 24.6 Å². The largest absolute Gasteiger partial charge is 0.430 e. The van der Waals surface area contributed by atoms with Gasteiger partial charge in [0.15, 0.2) is 0 Å². The van der Waals surface area contributed by atoms with Crippen LogP contribution in [0.25, 0.3) is 11.1 Å². The van der Waals surface area contributed by atoms with Gasteiger partial charge in [-0.05, 0) is 66.1 Å². The van der Waals surface area contributed by atoms with E-state index in [9.17, 15) is 13.2 Å². The summed E-state index contributed by atoms with van der Waals surface area (Å²) in [6.45, 7) is 1.95. The van der Waals surface area contributed by atoms with Gasteiger partial charge in [0.1, 0.15) is 5.70 Å². The van der Waals surface area contributed by atoms with Crippen LogP contribution < -0.4 is 5.73 Å². The Bertz CT molecular complexity index is 1170. The zero-order valence-corrected chi connectivity index (χ0v) is 19.4. The maximum atomic E-state index is 13.1. The standard InChI is InChI=1S/C21H16Cl2F3N3S2/c1-11-5-12(9-28-20(11)30-2)13-6-18(31-10-13)17(8-19(27)21(24,25)26)29-16-7-14(22)3-4-15(16)23/h3-10H,27H2,1-2H3. The third-order valence-corrected chi connectivity index (χ3v) is 6.50. The second-order valence-corrected chi connectivity index (χ2v) is 8.99. The smallest absolute Gasteiger partial charge is 0.395 e. The Labute approximate surface area is 195 Å². The van der Waals surface area contributed by atoms with Gasteiger partial charge in [-0.3, -0.25) is 0 Å². The number of benzene rings is 1. The monoisotopic (exact) mass is 501 g/mol. The Hall–Kier alpha value is -2.00. The van der Waals surface area contributed by atoms with Gasteiger partial charge in [-0.1, -0.05) is 23.2 Å². The van der Waals surface area contributed by atoms with Crippen molar-refractivity contribution in [2.45, 2.75) is 18.1 Å². The molecule has 10 heteroatoms. The van der Waals surface area contributed by atoms with Crippen LogP contribution in [0.3, 0.4) is 0 Å². The molecule has 31 heavy (non-hydrogen) atoms. The Kier molecular flexibility index (Phi) is 7.36. The highest BCUT2D eigenvalue weighted by Gasteiger charge is 2.32. The van der Waals surface area contributed by atoms with Gasteiger partial charge in [0.05, 0.1) is 26.3 Å². The molecule has 0 spiro atoms. The molecule has 3 nitrogen and oxygen atoms in total. The molecule has 2 heterocycles. The number of aromatic nitrogens is 1. The molecule has 0 aliphatic rings. The second-order valence-electron chi connectivity index (χ2n) is 6.44. The van der Waals surface area contributed by atoms with Crippen molar-refractivity contribution < 1.29 is 13.2 Å². The third kappa shape index (κ3) is 5.83. The number of thioether (sulfide) groups is 1. The fraction of sp³-hybridized carbons (Fsp3) is 0.143. The molecule has 1 aromatic carbocycles. The third-order valence-electron chi connectivity index (χ3n) is 4.18. The van der Waals surface area contributed by atoms with Crippen molar-refractivity contribution in [2.24, 2.45) is 10.7 Å². The number of hydrogen-bond acceptors (Lipinski definition) is 5. The first-order valence-electron chi connectivity index (χ1n) is 8.76. The van der Waals surface area contributed by atoms with E-state index in [1.54, 1.807) is 30.1 Å². The second kappa shape index (κ2) is 9.65. The van der Waals surface area contributed by atoms with Crippen LogP contribution in [-0.4, -0.2) is 23.1 Å². The summed E-state index contributed by atoms with van der Waals surface area (Å²) in [5.74, 6) is 0. The minimum absolute atomic E-state index is 0.0284. The molecule has 0 radical (unpaired) electrons. The molecular weight excluding hydrogens is 486 g/mol. The van der Waals surface area contributed by atoms with Crippen LogP contribution in [0.1, 0.15) is 10.4 Å². The zero-order valence-electron chi connectivity index (χ0n) is 16.3. The molecule has 0 fully saturated rings. The molecule has 2 N–H and O–H groups in total. The van der Waals surface area contributed by atoms with Crippen LogP contribution in [0.15, 0.2) is 63.7 Å². The number of allylic oxidation sites excluding steroid dienone is 2. The highest BCUT2D eigenvalue weighted by molar-refractivity contribution is 7.98. The predicted molar refractivity (Wildman–Crippen MR) is 125 cm³/mol. The fourth-order valence-corrected chi connectivity index (χ4v) is 4.39. The van der Waals surface area contributed by atoms with Crippen molar-refractivity contribution in [1.82, 2.24) is 4.98 Å². The number of alkyl halides is 3. The van der Waals surface area contributed by atoms with E-state index in [1.165, 1.54) is 23.5 Å². The molecule has 0 unspecified atom stereocenters. The molecule has 162 valence electrons. The van der Waals surface area contributed by atoms with Gasteiger partial charge in [0, 0.05) is 16.8 Å². The average Bonchev–Trinajstić information content (AvgIpc) is 3.19. The minimum Gasteiger partial charge on any atom is -0.395 e. The van der Waals surface area contributed by atoms with Crippen LogP contribution in [0.5, 0.6) is 0 Å². The van der Waals surface area contributed by atoms with Gasteiger partial charge in [-0.25, -0.2) is 9.98 Å². The lowest BCUT2D eigenvalue weighted by molar-refractivity contribution is -0.0925. The van der Waals surface area contributed by atoms with Gasteiger partial charge >= 0.3 is 6.18 Å². The fourth-order valence-electron chi connectivity index (χ4n) is 2.64. The minimum atomic E-state index is -4.69. The van der Waals surface area contributed by atoms with Gasteiger partial charge in [-0.15, -0.1) is 23.1 Å². The number of hydrogen-bond donors (Lipinski definition) is 1. The molecule has 0 saturated carbocycles.